The molecule has 0 saturated heterocycles. The predicted molar refractivity (Wildman–Crippen MR) is 47.5 cm³/mol. The average Bonchev–Trinajstić information content (AvgIpc) is 2.05. The van der Waals surface area contributed by atoms with Gasteiger partial charge in [-0.1, -0.05) is 24.3 Å². The number of rotatable bonds is 0. The molecule has 0 aliphatic heterocycles. The Hall–Kier alpha value is -0.838. The maximum absolute atomic E-state index is 4.18. The molecule has 0 saturated carbocycles. The Morgan fingerprint density at radius 2 is 1.64 bits per heavy atom. The molecule has 1 aromatic carbocycles. The molecule has 11 heavy (non-hydrogen) atoms. The summed E-state index contributed by atoms with van der Waals surface area (Å²) >= 11 is 0. The minimum absolute atomic E-state index is 0. The molecule has 0 amide bonds. The van der Waals surface area contributed by atoms with Crippen LogP contribution in [0, 0.1) is 0 Å². The van der Waals surface area contributed by atoms with Gasteiger partial charge in [0.1, 0.15) is 0 Å². The van der Waals surface area contributed by atoms with E-state index in [1.165, 1.54) is 5.39 Å². The van der Waals surface area contributed by atoms with Crippen LogP contribution in [0.1, 0.15) is 0 Å². The van der Waals surface area contributed by atoms with Crippen molar-refractivity contribution >= 4 is 28.3 Å². The number of aromatic nitrogens is 1. The van der Waals surface area contributed by atoms with Crippen molar-refractivity contribution in [3.8, 4) is 0 Å². The second-order valence-corrected chi connectivity index (χ2v) is 2.20. The van der Waals surface area contributed by atoms with Gasteiger partial charge in [0.2, 0.25) is 0 Å². The maximum atomic E-state index is 4.18. The first-order chi connectivity index (χ1) is 4.97. The van der Waals surface area contributed by atoms with E-state index in [4.69, 9.17) is 0 Å². The van der Waals surface area contributed by atoms with E-state index < -0.39 is 0 Å². The van der Waals surface area contributed by atoms with Crippen LogP contribution in [0.25, 0.3) is 10.9 Å². The summed E-state index contributed by atoms with van der Waals surface area (Å²) < 4.78 is 0. The van der Waals surface area contributed by atoms with Crippen molar-refractivity contribution in [3.05, 3.63) is 42.6 Å². The summed E-state index contributed by atoms with van der Waals surface area (Å²) in [7, 11) is 0. The van der Waals surface area contributed by atoms with Crippen LogP contribution in [0.2, 0.25) is 0 Å². The zero-order valence-corrected chi connectivity index (χ0v) is 7.22. The molecule has 0 radical (unpaired) electrons. The first-order valence-electron chi connectivity index (χ1n) is 3.26. The first-order valence-corrected chi connectivity index (χ1v) is 3.26. The van der Waals surface area contributed by atoms with E-state index in [1.807, 2.05) is 30.5 Å². The number of pyridine rings is 1. The molecule has 48 valence electrons. The number of hydrogen-bond acceptors (Lipinski definition) is 1. The van der Waals surface area contributed by atoms with Gasteiger partial charge in [0.15, 0.2) is 0 Å². The Bertz CT molecular complexity index is 281. The minimum Gasteiger partial charge on any atom is -0.256 e. The fourth-order valence-electron chi connectivity index (χ4n) is 1.02. The molecule has 1 aromatic heterocycles. The number of nitrogens with zero attached hydrogens (tertiary/aromatic N) is 1. The molecule has 2 heteroatoms. The maximum Gasteiger partial charge on any atom is 3.00 e. The van der Waals surface area contributed by atoms with Crippen LogP contribution in [0.3, 0.4) is 0 Å². The monoisotopic (exact) mass is 156 g/mol. The molecular formula is C9H7AlN+3. The van der Waals surface area contributed by atoms with Crippen LogP contribution in [0.15, 0.2) is 42.6 Å². The predicted octanol–water partition coefficient (Wildman–Crippen LogP) is 1.85. The molecule has 0 aliphatic rings. The molecule has 0 fully saturated rings. The Kier molecular flexibility index (Phi) is 2.65. The van der Waals surface area contributed by atoms with E-state index in [1.54, 1.807) is 0 Å². The normalized spacial score (nSPS) is 9.09. The molecular weight excluding hydrogens is 149 g/mol. The quantitative estimate of drug-likeness (QED) is 0.530. The first kappa shape index (κ1) is 8.26. The van der Waals surface area contributed by atoms with Gasteiger partial charge >= 0.3 is 17.4 Å². The molecule has 0 aliphatic carbocycles. The van der Waals surface area contributed by atoms with Crippen LogP contribution >= 0.6 is 0 Å². The SMILES string of the molecule is [Al+3].c1ccc2ncccc2c1. The van der Waals surface area contributed by atoms with Crippen molar-refractivity contribution in [2.75, 3.05) is 0 Å². The van der Waals surface area contributed by atoms with Gasteiger partial charge in [-0.25, -0.2) is 0 Å². The van der Waals surface area contributed by atoms with Gasteiger partial charge in [-0.2, -0.15) is 0 Å². The van der Waals surface area contributed by atoms with Gasteiger partial charge in [0.25, 0.3) is 0 Å². The van der Waals surface area contributed by atoms with Crippen molar-refractivity contribution in [3.63, 3.8) is 0 Å². The molecule has 1 nitrogen and oxygen atoms in total. The largest absolute Gasteiger partial charge is 3.00 e. The van der Waals surface area contributed by atoms with Gasteiger partial charge in [-0.3, -0.25) is 4.98 Å². The molecule has 0 bridgehead atoms. The fraction of sp³-hybridized carbons (Fsp3) is 0. The van der Waals surface area contributed by atoms with Crippen LogP contribution in [0.4, 0.5) is 0 Å². The van der Waals surface area contributed by atoms with Crippen molar-refractivity contribution < 1.29 is 0 Å². The molecule has 0 atom stereocenters. The number of para-hydroxylation sites is 1. The summed E-state index contributed by atoms with van der Waals surface area (Å²) in [5, 5.41) is 1.20. The van der Waals surface area contributed by atoms with Gasteiger partial charge < -0.3 is 0 Å². The molecule has 0 unspecified atom stereocenters. The van der Waals surface area contributed by atoms with Crippen molar-refractivity contribution in [2.24, 2.45) is 0 Å². The van der Waals surface area contributed by atoms with E-state index in [0.717, 1.165) is 5.52 Å². The van der Waals surface area contributed by atoms with Gasteiger partial charge in [0.05, 0.1) is 5.52 Å². The van der Waals surface area contributed by atoms with Gasteiger partial charge in [0, 0.05) is 11.6 Å². The Balaban J connectivity index is 0.000000605. The van der Waals surface area contributed by atoms with Crippen molar-refractivity contribution in [1.82, 2.24) is 4.98 Å². The van der Waals surface area contributed by atoms with Crippen molar-refractivity contribution in [2.45, 2.75) is 0 Å². The fourth-order valence-corrected chi connectivity index (χ4v) is 1.02. The van der Waals surface area contributed by atoms with E-state index in [2.05, 4.69) is 17.1 Å². The zero-order valence-electron chi connectivity index (χ0n) is 6.07. The molecule has 0 spiro atoms. The second kappa shape index (κ2) is 3.52. The van der Waals surface area contributed by atoms with Gasteiger partial charge in [-0.05, 0) is 12.1 Å². The third kappa shape index (κ3) is 1.60. The summed E-state index contributed by atoms with van der Waals surface area (Å²) in [6, 6.07) is 12.1. The summed E-state index contributed by atoms with van der Waals surface area (Å²) in [4.78, 5) is 4.18. The topological polar surface area (TPSA) is 12.9 Å². The standard InChI is InChI=1S/C9H7N.Al/c1-2-6-9-8(4-1)5-3-7-10-9;/h1-7H;/q;+3. The van der Waals surface area contributed by atoms with Crippen LogP contribution in [-0.2, 0) is 0 Å². The average molecular weight is 156 g/mol. The number of benzene rings is 1. The van der Waals surface area contributed by atoms with E-state index in [-0.39, 0.29) is 17.4 Å². The number of hydrogen-bond donors (Lipinski definition) is 0. The summed E-state index contributed by atoms with van der Waals surface area (Å²) in [5.74, 6) is 0. The van der Waals surface area contributed by atoms with E-state index in [0.29, 0.717) is 0 Å². The third-order valence-electron chi connectivity index (χ3n) is 1.51. The summed E-state index contributed by atoms with van der Waals surface area (Å²) in [6.07, 6.45) is 1.81. The summed E-state index contributed by atoms with van der Waals surface area (Å²) in [5.41, 5.74) is 1.06. The smallest absolute Gasteiger partial charge is 0.256 e. The van der Waals surface area contributed by atoms with E-state index >= 15 is 0 Å². The van der Waals surface area contributed by atoms with Gasteiger partial charge in [-0.15, -0.1) is 0 Å². The molecule has 2 rings (SSSR count). The second-order valence-electron chi connectivity index (χ2n) is 2.20. The third-order valence-corrected chi connectivity index (χ3v) is 1.51. The van der Waals surface area contributed by atoms with Crippen molar-refractivity contribution in [1.29, 1.82) is 0 Å². The minimum atomic E-state index is 0. The summed E-state index contributed by atoms with van der Waals surface area (Å²) in [6.45, 7) is 0. The Morgan fingerprint density at radius 1 is 0.909 bits per heavy atom. The van der Waals surface area contributed by atoms with E-state index in [9.17, 15) is 0 Å². The Labute approximate surface area is 76.2 Å². The molecule has 1 heterocycles. The number of fused-ring (bicyclic) bond motifs is 1. The zero-order chi connectivity index (χ0) is 6.81. The Morgan fingerprint density at radius 3 is 2.45 bits per heavy atom. The van der Waals surface area contributed by atoms with Crippen LogP contribution in [-0.4, -0.2) is 22.3 Å². The van der Waals surface area contributed by atoms with Crippen LogP contribution < -0.4 is 0 Å². The molecule has 0 N–H and O–H groups in total. The van der Waals surface area contributed by atoms with Crippen LogP contribution in [0.5, 0.6) is 0 Å². The molecule has 2 aromatic rings.